The van der Waals surface area contributed by atoms with Crippen molar-refractivity contribution >= 4 is 23.4 Å². The summed E-state index contributed by atoms with van der Waals surface area (Å²) in [6.45, 7) is 2.69. The lowest BCUT2D eigenvalue weighted by Crippen LogP contribution is -1.80. The summed E-state index contributed by atoms with van der Waals surface area (Å²) in [5.74, 6) is 0. The maximum atomic E-state index is 5.80. The van der Waals surface area contributed by atoms with Crippen molar-refractivity contribution in [3.63, 3.8) is 0 Å². The third-order valence-corrected chi connectivity index (χ3v) is 3.32. The molecule has 0 aromatic heterocycles. The van der Waals surface area contributed by atoms with Gasteiger partial charge in [-0.3, -0.25) is 0 Å². The molecule has 1 heterocycles. The summed E-state index contributed by atoms with van der Waals surface area (Å²) >= 11 is 7.50. The van der Waals surface area contributed by atoms with Crippen LogP contribution in [0.5, 0.6) is 0 Å². The quantitative estimate of drug-likeness (QED) is 0.742. The van der Waals surface area contributed by atoms with Gasteiger partial charge in [0.2, 0.25) is 0 Å². The minimum atomic E-state index is 0.707. The zero-order valence-corrected chi connectivity index (χ0v) is 9.27. The molecule has 14 heavy (non-hydrogen) atoms. The Morgan fingerprint density at radius 2 is 2.00 bits per heavy atom. The molecule has 0 radical (unpaired) electrons. The summed E-state index contributed by atoms with van der Waals surface area (Å²) in [5, 5.41) is 8.72. The second kappa shape index (κ2) is 4.15. The van der Waals surface area contributed by atoms with Crippen molar-refractivity contribution in [3.8, 4) is 0 Å². The predicted molar refractivity (Wildman–Crippen MR) is 59.7 cm³/mol. The lowest BCUT2D eigenvalue weighted by atomic mass is 10.4. The van der Waals surface area contributed by atoms with E-state index < -0.39 is 0 Å². The highest BCUT2D eigenvalue weighted by Gasteiger charge is 2.09. The summed E-state index contributed by atoms with van der Waals surface area (Å²) < 4.78 is 0. The van der Waals surface area contributed by atoms with Gasteiger partial charge in [0, 0.05) is 14.8 Å². The van der Waals surface area contributed by atoms with Gasteiger partial charge in [-0.2, -0.15) is 10.2 Å². The van der Waals surface area contributed by atoms with Crippen LogP contribution in [0.25, 0.3) is 0 Å². The Kier molecular flexibility index (Phi) is 2.89. The lowest BCUT2D eigenvalue weighted by molar-refractivity contribution is 1.10. The summed E-state index contributed by atoms with van der Waals surface area (Å²) in [7, 11) is 0. The van der Waals surface area contributed by atoms with Crippen LogP contribution in [0.1, 0.15) is 6.92 Å². The van der Waals surface area contributed by atoms with Gasteiger partial charge in [0.05, 0.1) is 12.2 Å². The first-order valence-electron chi connectivity index (χ1n) is 4.26. The topological polar surface area (TPSA) is 24.7 Å². The molecule has 72 valence electrons. The van der Waals surface area contributed by atoms with Crippen LogP contribution in [0.3, 0.4) is 0 Å². The molecule has 2 nitrogen and oxygen atoms in total. The molecule has 0 saturated heterocycles. The molecule has 1 aliphatic rings. The number of rotatable bonds is 2. The number of nitrogens with zero attached hydrogens (tertiary/aromatic N) is 2. The number of thioether (sulfide) groups is 1. The van der Waals surface area contributed by atoms with Crippen LogP contribution in [0, 0.1) is 0 Å². The van der Waals surface area contributed by atoms with E-state index in [2.05, 4.69) is 10.2 Å². The van der Waals surface area contributed by atoms with Gasteiger partial charge in [-0.1, -0.05) is 23.4 Å². The summed E-state index contributed by atoms with van der Waals surface area (Å²) in [6.07, 6.45) is 0. The minimum Gasteiger partial charge on any atom is -0.184 e. The van der Waals surface area contributed by atoms with E-state index in [9.17, 15) is 0 Å². The van der Waals surface area contributed by atoms with Gasteiger partial charge in [0.15, 0.2) is 0 Å². The Bertz CT molecular complexity index is 395. The van der Waals surface area contributed by atoms with Crippen molar-refractivity contribution in [2.75, 3.05) is 6.54 Å². The van der Waals surface area contributed by atoms with Crippen molar-refractivity contribution in [3.05, 3.63) is 39.9 Å². The molecule has 0 amide bonds. The molecule has 0 atom stereocenters. The van der Waals surface area contributed by atoms with E-state index in [1.165, 1.54) is 9.80 Å². The normalized spacial score (nSPS) is 15.3. The molecular weight excluding hydrogens is 216 g/mol. The Morgan fingerprint density at radius 1 is 1.29 bits per heavy atom. The van der Waals surface area contributed by atoms with Crippen molar-refractivity contribution in [2.24, 2.45) is 10.2 Å². The van der Waals surface area contributed by atoms with Crippen LogP contribution in [0.2, 0.25) is 5.02 Å². The molecule has 0 fully saturated rings. The Labute approximate surface area is 92.1 Å². The number of benzene rings is 1. The van der Waals surface area contributed by atoms with Gasteiger partial charge in [-0.15, -0.1) is 0 Å². The number of hydrogen-bond acceptors (Lipinski definition) is 3. The summed E-state index contributed by atoms with van der Waals surface area (Å²) in [5.41, 5.74) is 1.02. The molecule has 0 aliphatic carbocycles. The Balaban J connectivity index is 2.12. The van der Waals surface area contributed by atoms with Crippen molar-refractivity contribution in [2.45, 2.75) is 11.8 Å². The number of azo groups is 1. The fraction of sp³-hybridized carbons (Fsp3) is 0.200. The summed E-state index contributed by atoms with van der Waals surface area (Å²) in [6, 6.07) is 7.79. The largest absolute Gasteiger partial charge is 0.184 e. The molecule has 1 aromatic carbocycles. The van der Waals surface area contributed by atoms with E-state index in [0.717, 1.165) is 10.7 Å². The minimum absolute atomic E-state index is 0.707. The first-order chi connectivity index (χ1) is 6.75. The van der Waals surface area contributed by atoms with Crippen LogP contribution in [0.4, 0.5) is 0 Å². The van der Waals surface area contributed by atoms with Crippen LogP contribution in [-0.4, -0.2) is 6.54 Å². The van der Waals surface area contributed by atoms with E-state index in [0.29, 0.717) is 6.54 Å². The molecule has 1 aliphatic heterocycles. The second-order valence-electron chi connectivity index (χ2n) is 2.96. The molecule has 0 N–H and O–H groups in total. The molecule has 0 unspecified atom stereocenters. The van der Waals surface area contributed by atoms with E-state index in [1.807, 2.05) is 31.2 Å². The molecule has 0 bridgehead atoms. The maximum absolute atomic E-state index is 5.80. The smallest absolute Gasteiger partial charge is 0.0934 e. The highest BCUT2D eigenvalue weighted by atomic mass is 35.5. The van der Waals surface area contributed by atoms with Gasteiger partial charge in [-0.05, 0) is 31.2 Å². The van der Waals surface area contributed by atoms with Gasteiger partial charge in [0.1, 0.15) is 0 Å². The van der Waals surface area contributed by atoms with Gasteiger partial charge >= 0.3 is 0 Å². The zero-order valence-electron chi connectivity index (χ0n) is 7.70. The third-order valence-electron chi connectivity index (χ3n) is 1.89. The van der Waals surface area contributed by atoms with Crippen molar-refractivity contribution < 1.29 is 0 Å². The molecule has 4 heteroatoms. The highest BCUT2D eigenvalue weighted by molar-refractivity contribution is 8.03. The van der Waals surface area contributed by atoms with E-state index in [4.69, 9.17) is 11.6 Å². The lowest BCUT2D eigenvalue weighted by Gasteiger charge is -2.01. The molecular formula is C10H9ClN2S. The molecule has 0 spiro atoms. The first kappa shape index (κ1) is 9.74. The number of halogens is 1. The Hall–Kier alpha value is -0.800. The van der Waals surface area contributed by atoms with Crippen LogP contribution < -0.4 is 0 Å². The fourth-order valence-electron chi connectivity index (χ4n) is 1.13. The monoisotopic (exact) mass is 224 g/mol. The predicted octanol–water partition coefficient (Wildman–Crippen LogP) is 4.13. The average molecular weight is 225 g/mol. The second-order valence-corrected chi connectivity index (χ2v) is 4.57. The third kappa shape index (κ3) is 2.16. The number of allylic oxidation sites excluding steroid dienone is 1. The summed E-state index contributed by atoms with van der Waals surface area (Å²) in [4.78, 5) is 2.39. The standard InChI is InChI=1S/C10H9ClN2S/c1-7-10(6-12-13-7)14-9-4-2-8(11)3-5-9/h2-5H,6H2,1H3. The Morgan fingerprint density at radius 3 is 2.57 bits per heavy atom. The van der Waals surface area contributed by atoms with Gasteiger partial charge in [0.25, 0.3) is 0 Å². The molecule has 0 saturated carbocycles. The average Bonchev–Trinajstić information content (AvgIpc) is 2.56. The van der Waals surface area contributed by atoms with Crippen LogP contribution in [0.15, 0.2) is 50.0 Å². The van der Waals surface area contributed by atoms with Gasteiger partial charge < -0.3 is 0 Å². The van der Waals surface area contributed by atoms with Crippen LogP contribution >= 0.6 is 23.4 Å². The highest BCUT2D eigenvalue weighted by Crippen LogP contribution is 2.32. The van der Waals surface area contributed by atoms with Gasteiger partial charge in [-0.25, -0.2) is 0 Å². The van der Waals surface area contributed by atoms with E-state index >= 15 is 0 Å². The zero-order chi connectivity index (χ0) is 9.97. The number of hydrogen-bond donors (Lipinski definition) is 0. The van der Waals surface area contributed by atoms with E-state index in [1.54, 1.807) is 11.8 Å². The van der Waals surface area contributed by atoms with Crippen molar-refractivity contribution in [1.82, 2.24) is 0 Å². The fourth-order valence-corrected chi connectivity index (χ4v) is 2.12. The molecule has 2 rings (SSSR count). The molecule has 1 aromatic rings. The SMILES string of the molecule is CC1=C(Sc2ccc(Cl)cc2)CN=N1. The first-order valence-corrected chi connectivity index (χ1v) is 5.46. The van der Waals surface area contributed by atoms with Crippen LogP contribution in [-0.2, 0) is 0 Å². The van der Waals surface area contributed by atoms with E-state index in [-0.39, 0.29) is 0 Å². The van der Waals surface area contributed by atoms with Crippen molar-refractivity contribution in [1.29, 1.82) is 0 Å². The maximum Gasteiger partial charge on any atom is 0.0934 e.